The minimum atomic E-state index is 0.317. The molecule has 166 valence electrons. The zero-order valence-electron chi connectivity index (χ0n) is 18.6. The fourth-order valence-electron chi connectivity index (χ4n) is 4.34. The van der Waals surface area contributed by atoms with Gasteiger partial charge in [0.1, 0.15) is 6.61 Å². The first-order valence-electron chi connectivity index (χ1n) is 11.2. The summed E-state index contributed by atoms with van der Waals surface area (Å²) in [5.74, 6) is 2.46. The SMILES string of the molecule is CCNC(=NCc1ccc(OCc2ccccc2)c(OC)c1)N1CCC2(CCOC2)C1. The first-order chi connectivity index (χ1) is 15.2. The van der Waals surface area contributed by atoms with Crippen molar-refractivity contribution >= 4 is 5.96 Å². The number of guanidine groups is 1. The van der Waals surface area contributed by atoms with Gasteiger partial charge in [0, 0.05) is 31.7 Å². The van der Waals surface area contributed by atoms with Gasteiger partial charge in [-0.15, -0.1) is 0 Å². The maximum atomic E-state index is 5.97. The molecule has 0 radical (unpaired) electrons. The van der Waals surface area contributed by atoms with Crippen LogP contribution in [0.4, 0.5) is 0 Å². The van der Waals surface area contributed by atoms with E-state index >= 15 is 0 Å². The predicted octanol–water partition coefficient (Wildman–Crippen LogP) is 3.85. The molecule has 6 heteroatoms. The van der Waals surface area contributed by atoms with E-state index in [1.165, 1.54) is 6.42 Å². The molecule has 31 heavy (non-hydrogen) atoms. The molecule has 2 aromatic rings. The zero-order valence-corrected chi connectivity index (χ0v) is 18.6. The highest BCUT2D eigenvalue weighted by atomic mass is 16.5. The summed E-state index contributed by atoms with van der Waals surface area (Å²) in [7, 11) is 1.68. The second kappa shape index (κ2) is 10.1. The minimum Gasteiger partial charge on any atom is -0.493 e. The van der Waals surface area contributed by atoms with Gasteiger partial charge in [-0.05, 0) is 43.0 Å². The lowest BCUT2D eigenvalue weighted by atomic mass is 9.87. The third kappa shape index (κ3) is 5.31. The van der Waals surface area contributed by atoms with Crippen molar-refractivity contribution < 1.29 is 14.2 Å². The number of aliphatic imine (C=N–C) groups is 1. The Labute approximate surface area is 185 Å². The summed E-state index contributed by atoms with van der Waals surface area (Å²) >= 11 is 0. The second-order valence-electron chi connectivity index (χ2n) is 8.40. The van der Waals surface area contributed by atoms with E-state index < -0.39 is 0 Å². The molecule has 0 saturated carbocycles. The Bertz CT molecular complexity index is 879. The van der Waals surface area contributed by atoms with Gasteiger partial charge >= 0.3 is 0 Å². The number of hydrogen-bond donors (Lipinski definition) is 1. The Morgan fingerprint density at radius 2 is 2.00 bits per heavy atom. The highest BCUT2D eigenvalue weighted by Crippen LogP contribution is 2.38. The Hall–Kier alpha value is -2.73. The van der Waals surface area contributed by atoms with Gasteiger partial charge in [-0.3, -0.25) is 0 Å². The summed E-state index contributed by atoms with van der Waals surface area (Å²) < 4.78 is 17.2. The molecule has 1 N–H and O–H groups in total. The van der Waals surface area contributed by atoms with Crippen molar-refractivity contribution in [3.8, 4) is 11.5 Å². The average molecular weight is 424 g/mol. The smallest absolute Gasteiger partial charge is 0.194 e. The summed E-state index contributed by atoms with van der Waals surface area (Å²) in [6.45, 7) is 7.90. The van der Waals surface area contributed by atoms with E-state index in [0.29, 0.717) is 18.6 Å². The van der Waals surface area contributed by atoms with Crippen LogP contribution in [0.15, 0.2) is 53.5 Å². The molecular weight excluding hydrogens is 390 g/mol. The predicted molar refractivity (Wildman–Crippen MR) is 123 cm³/mol. The Balaban J connectivity index is 1.41. The van der Waals surface area contributed by atoms with Crippen LogP contribution < -0.4 is 14.8 Å². The van der Waals surface area contributed by atoms with Crippen LogP contribution >= 0.6 is 0 Å². The molecule has 0 amide bonds. The van der Waals surface area contributed by atoms with Crippen LogP contribution in [-0.4, -0.2) is 50.8 Å². The summed E-state index contributed by atoms with van der Waals surface area (Å²) in [6, 6.07) is 16.2. The fourth-order valence-corrected chi connectivity index (χ4v) is 4.34. The molecule has 0 aliphatic carbocycles. The van der Waals surface area contributed by atoms with Gasteiger partial charge in [-0.1, -0.05) is 36.4 Å². The molecule has 2 fully saturated rings. The molecule has 1 atom stereocenters. The van der Waals surface area contributed by atoms with E-state index in [9.17, 15) is 0 Å². The second-order valence-corrected chi connectivity index (χ2v) is 8.40. The summed E-state index contributed by atoms with van der Waals surface area (Å²) in [5.41, 5.74) is 2.54. The van der Waals surface area contributed by atoms with Gasteiger partial charge in [-0.2, -0.15) is 0 Å². The lowest BCUT2D eigenvalue weighted by molar-refractivity contribution is 0.156. The van der Waals surface area contributed by atoms with Crippen molar-refractivity contribution in [3.05, 3.63) is 59.7 Å². The Morgan fingerprint density at radius 1 is 1.13 bits per heavy atom. The van der Waals surface area contributed by atoms with E-state index in [1.807, 2.05) is 30.3 Å². The maximum absolute atomic E-state index is 5.97. The minimum absolute atomic E-state index is 0.317. The summed E-state index contributed by atoms with van der Waals surface area (Å²) in [6.07, 6.45) is 2.34. The fraction of sp³-hybridized carbons (Fsp3) is 0.480. The number of methoxy groups -OCH3 is 1. The lowest BCUT2D eigenvalue weighted by Crippen LogP contribution is -2.41. The van der Waals surface area contributed by atoms with Gasteiger partial charge in [0.25, 0.3) is 0 Å². The molecule has 0 bridgehead atoms. The Morgan fingerprint density at radius 3 is 2.74 bits per heavy atom. The number of likely N-dealkylation sites (tertiary alicyclic amines) is 1. The third-order valence-corrected chi connectivity index (χ3v) is 6.13. The summed E-state index contributed by atoms with van der Waals surface area (Å²) in [5, 5.41) is 3.46. The number of nitrogens with one attached hydrogen (secondary N) is 1. The van der Waals surface area contributed by atoms with E-state index in [0.717, 1.165) is 67.9 Å². The normalized spacial score (nSPS) is 21.0. The first kappa shape index (κ1) is 21.5. The Kier molecular flexibility index (Phi) is 6.97. The van der Waals surface area contributed by atoms with Gasteiger partial charge in [0.2, 0.25) is 0 Å². The standard InChI is InChI=1S/C25H33N3O3/c1-3-26-24(28-13-11-25(18-28)12-14-30-19-25)27-16-21-9-10-22(23(15-21)29-2)31-17-20-7-5-4-6-8-20/h4-10,15H,3,11-14,16-19H2,1-2H3,(H,26,27). The van der Waals surface area contributed by atoms with Crippen molar-refractivity contribution in [1.82, 2.24) is 10.2 Å². The van der Waals surface area contributed by atoms with Gasteiger partial charge in [-0.25, -0.2) is 4.99 Å². The van der Waals surface area contributed by atoms with Crippen LogP contribution in [0.1, 0.15) is 30.9 Å². The van der Waals surface area contributed by atoms with E-state index in [1.54, 1.807) is 7.11 Å². The lowest BCUT2D eigenvalue weighted by Gasteiger charge is -2.25. The van der Waals surface area contributed by atoms with Crippen LogP contribution in [0, 0.1) is 5.41 Å². The van der Waals surface area contributed by atoms with E-state index in [4.69, 9.17) is 19.2 Å². The summed E-state index contributed by atoms with van der Waals surface area (Å²) in [4.78, 5) is 7.29. The quantitative estimate of drug-likeness (QED) is 0.542. The van der Waals surface area contributed by atoms with Gasteiger partial charge < -0.3 is 24.4 Å². The molecule has 4 rings (SSSR count). The highest BCUT2D eigenvalue weighted by molar-refractivity contribution is 5.80. The molecule has 2 heterocycles. The highest BCUT2D eigenvalue weighted by Gasteiger charge is 2.42. The molecule has 2 aliphatic heterocycles. The number of benzene rings is 2. The van der Waals surface area contributed by atoms with Crippen molar-refractivity contribution in [2.45, 2.75) is 32.9 Å². The molecule has 2 saturated heterocycles. The van der Waals surface area contributed by atoms with Crippen LogP contribution in [-0.2, 0) is 17.9 Å². The van der Waals surface area contributed by atoms with Crippen molar-refractivity contribution in [2.24, 2.45) is 10.4 Å². The molecular formula is C25H33N3O3. The van der Waals surface area contributed by atoms with E-state index in [-0.39, 0.29) is 0 Å². The third-order valence-electron chi connectivity index (χ3n) is 6.13. The van der Waals surface area contributed by atoms with Crippen LogP contribution in [0.25, 0.3) is 0 Å². The topological polar surface area (TPSA) is 55.3 Å². The van der Waals surface area contributed by atoms with Crippen molar-refractivity contribution in [2.75, 3.05) is 40.0 Å². The molecule has 2 aliphatic rings. The van der Waals surface area contributed by atoms with Crippen molar-refractivity contribution in [3.63, 3.8) is 0 Å². The molecule has 1 spiro atoms. The zero-order chi connectivity index (χ0) is 21.5. The molecule has 2 aromatic carbocycles. The number of ether oxygens (including phenoxy) is 3. The van der Waals surface area contributed by atoms with Gasteiger partial charge in [0.05, 0.1) is 20.3 Å². The van der Waals surface area contributed by atoms with Gasteiger partial charge in [0.15, 0.2) is 17.5 Å². The molecule has 6 nitrogen and oxygen atoms in total. The molecule has 1 unspecified atom stereocenters. The van der Waals surface area contributed by atoms with Crippen LogP contribution in [0.5, 0.6) is 11.5 Å². The van der Waals surface area contributed by atoms with Crippen molar-refractivity contribution in [1.29, 1.82) is 0 Å². The number of nitrogens with zero attached hydrogens (tertiary/aromatic N) is 2. The first-order valence-corrected chi connectivity index (χ1v) is 11.2. The number of rotatable bonds is 7. The number of hydrogen-bond acceptors (Lipinski definition) is 4. The largest absolute Gasteiger partial charge is 0.493 e. The average Bonchev–Trinajstić information content (AvgIpc) is 3.45. The molecule has 0 aromatic heterocycles. The van der Waals surface area contributed by atoms with Crippen LogP contribution in [0.2, 0.25) is 0 Å². The maximum Gasteiger partial charge on any atom is 0.194 e. The van der Waals surface area contributed by atoms with E-state index in [2.05, 4.69) is 35.3 Å². The van der Waals surface area contributed by atoms with Crippen LogP contribution in [0.3, 0.4) is 0 Å². The monoisotopic (exact) mass is 423 g/mol.